The van der Waals surface area contributed by atoms with E-state index in [-0.39, 0.29) is 5.78 Å². The highest BCUT2D eigenvalue weighted by Gasteiger charge is 2.07. The van der Waals surface area contributed by atoms with Crippen LogP contribution in [-0.4, -0.2) is 5.78 Å². The molecule has 98 valence electrons. The molecule has 0 unspecified atom stereocenters. The van der Waals surface area contributed by atoms with Crippen molar-refractivity contribution in [3.8, 4) is 0 Å². The van der Waals surface area contributed by atoms with Gasteiger partial charge in [0.05, 0.1) is 10.0 Å². The van der Waals surface area contributed by atoms with Crippen LogP contribution in [0.4, 0.5) is 0 Å². The Bertz CT molecular complexity index is 611. The van der Waals surface area contributed by atoms with Crippen molar-refractivity contribution in [2.45, 2.75) is 12.8 Å². The van der Waals surface area contributed by atoms with Crippen LogP contribution in [0.1, 0.15) is 11.1 Å². The zero-order valence-corrected chi connectivity index (χ0v) is 13.1. The normalized spacial score (nSPS) is 10.5. The molecule has 2 aromatic carbocycles. The molecule has 0 saturated heterocycles. The molecule has 0 aliphatic rings. The van der Waals surface area contributed by atoms with Gasteiger partial charge in [-0.3, -0.25) is 4.79 Å². The molecule has 0 bridgehead atoms. The minimum atomic E-state index is 0.150. The zero-order chi connectivity index (χ0) is 13.8. The number of carbonyl (C=O) groups is 1. The van der Waals surface area contributed by atoms with Gasteiger partial charge in [-0.05, 0) is 35.4 Å². The first kappa shape index (κ1) is 14.6. The van der Waals surface area contributed by atoms with E-state index in [0.717, 1.165) is 15.6 Å². The van der Waals surface area contributed by atoms with Gasteiger partial charge in [0.25, 0.3) is 0 Å². The standard InChI is InChI=1S/C15H11BrCl2O/c16-12-3-1-2-10(6-12)7-13(19)8-11-4-5-14(17)15(18)9-11/h1-6,9H,7-8H2. The van der Waals surface area contributed by atoms with E-state index < -0.39 is 0 Å². The third kappa shape index (κ3) is 4.34. The van der Waals surface area contributed by atoms with Gasteiger partial charge >= 0.3 is 0 Å². The van der Waals surface area contributed by atoms with Crippen LogP contribution in [-0.2, 0) is 17.6 Å². The first-order valence-corrected chi connectivity index (χ1v) is 7.29. The number of halogens is 3. The van der Waals surface area contributed by atoms with Crippen molar-refractivity contribution in [1.82, 2.24) is 0 Å². The summed E-state index contributed by atoms with van der Waals surface area (Å²) in [5, 5.41) is 0.985. The minimum Gasteiger partial charge on any atom is -0.299 e. The van der Waals surface area contributed by atoms with Gasteiger partial charge in [0, 0.05) is 17.3 Å². The Labute approximate surface area is 130 Å². The maximum atomic E-state index is 12.0. The predicted octanol–water partition coefficient (Wildman–Crippen LogP) is 5.11. The lowest BCUT2D eigenvalue weighted by Gasteiger charge is -2.04. The number of hydrogen-bond acceptors (Lipinski definition) is 1. The van der Waals surface area contributed by atoms with Crippen LogP contribution in [0.15, 0.2) is 46.9 Å². The summed E-state index contributed by atoms with van der Waals surface area (Å²) in [6.45, 7) is 0. The third-order valence-electron chi connectivity index (χ3n) is 2.68. The Morgan fingerprint density at radius 1 is 0.947 bits per heavy atom. The van der Waals surface area contributed by atoms with Gasteiger partial charge in [0.15, 0.2) is 0 Å². The molecule has 0 N–H and O–H groups in total. The highest BCUT2D eigenvalue weighted by Crippen LogP contribution is 2.23. The Kier molecular flexibility index (Phi) is 5.03. The van der Waals surface area contributed by atoms with Crippen LogP contribution in [0, 0.1) is 0 Å². The van der Waals surface area contributed by atoms with Gasteiger partial charge in [-0.25, -0.2) is 0 Å². The van der Waals surface area contributed by atoms with Crippen LogP contribution >= 0.6 is 39.1 Å². The third-order valence-corrected chi connectivity index (χ3v) is 3.91. The first-order chi connectivity index (χ1) is 9.04. The Morgan fingerprint density at radius 2 is 1.63 bits per heavy atom. The number of hydrogen-bond donors (Lipinski definition) is 0. The molecule has 0 aliphatic heterocycles. The van der Waals surface area contributed by atoms with E-state index in [9.17, 15) is 4.79 Å². The number of benzene rings is 2. The first-order valence-electron chi connectivity index (χ1n) is 5.74. The molecule has 0 heterocycles. The summed E-state index contributed by atoms with van der Waals surface area (Å²) in [5.74, 6) is 0.150. The molecule has 0 atom stereocenters. The molecule has 0 saturated carbocycles. The smallest absolute Gasteiger partial charge is 0.141 e. The molecule has 1 nitrogen and oxygen atoms in total. The van der Waals surface area contributed by atoms with Crippen LogP contribution in [0.5, 0.6) is 0 Å². The lowest BCUT2D eigenvalue weighted by Crippen LogP contribution is -2.06. The second-order valence-corrected chi connectivity index (χ2v) is 6.00. The summed E-state index contributed by atoms with van der Waals surface area (Å²) < 4.78 is 0.979. The molecule has 0 spiro atoms. The van der Waals surface area contributed by atoms with Gasteiger partial charge < -0.3 is 0 Å². The summed E-state index contributed by atoms with van der Waals surface area (Å²) in [4.78, 5) is 12.0. The monoisotopic (exact) mass is 356 g/mol. The number of ketones is 1. The van der Waals surface area contributed by atoms with Crippen molar-refractivity contribution in [2.24, 2.45) is 0 Å². The van der Waals surface area contributed by atoms with Crippen molar-refractivity contribution < 1.29 is 4.79 Å². The fourth-order valence-corrected chi connectivity index (χ4v) is 2.58. The van der Waals surface area contributed by atoms with E-state index in [1.54, 1.807) is 12.1 Å². The Balaban J connectivity index is 2.03. The molecule has 2 rings (SSSR count). The van der Waals surface area contributed by atoms with Crippen LogP contribution < -0.4 is 0 Å². The van der Waals surface area contributed by atoms with Crippen molar-refractivity contribution in [3.05, 3.63) is 68.1 Å². The molecule has 0 fully saturated rings. The van der Waals surface area contributed by atoms with Gasteiger partial charge in [0.1, 0.15) is 5.78 Å². The highest BCUT2D eigenvalue weighted by molar-refractivity contribution is 9.10. The summed E-state index contributed by atoms with van der Waals surface area (Å²) in [7, 11) is 0. The molecule has 19 heavy (non-hydrogen) atoms. The average Bonchev–Trinajstić information content (AvgIpc) is 2.34. The zero-order valence-electron chi connectivity index (χ0n) is 10.00. The Hall–Kier alpha value is -0.830. The second kappa shape index (κ2) is 6.56. The number of carbonyl (C=O) groups excluding carboxylic acids is 1. The second-order valence-electron chi connectivity index (χ2n) is 4.27. The topological polar surface area (TPSA) is 17.1 Å². The largest absolute Gasteiger partial charge is 0.299 e. The number of Topliss-reactive ketones (excluding diaryl/α,β-unsaturated/α-hetero) is 1. The van der Waals surface area contributed by atoms with Crippen molar-refractivity contribution in [3.63, 3.8) is 0 Å². The quantitative estimate of drug-likeness (QED) is 0.743. The van der Waals surface area contributed by atoms with Crippen molar-refractivity contribution >= 4 is 44.9 Å². The lowest BCUT2D eigenvalue weighted by atomic mass is 10.0. The van der Waals surface area contributed by atoms with Crippen molar-refractivity contribution in [2.75, 3.05) is 0 Å². The Morgan fingerprint density at radius 3 is 2.26 bits per heavy atom. The van der Waals surface area contributed by atoms with Gasteiger partial charge in [0.2, 0.25) is 0 Å². The average molecular weight is 358 g/mol. The summed E-state index contributed by atoms with van der Waals surface area (Å²) >= 11 is 15.2. The summed E-state index contributed by atoms with van der Waals surface area (Å²) in [6.07, 6.45) is 0.781. The van der Waals surface area contributed by atoms with Gasteiger partial charge in [-0.1, -0.05) is 57.3 Å². The lowest BCUT2D eigenvalue weighted by molar-refractivity contribution is -0.117. The van der Waals surface area contributed by atoms with E-state index in [1.165, 1.54) is 0 Å². The molecule has 0 radical (unpaired) electrons. The molecule has 0 aliphatic carbocycles. The minimum absolute atomic E-state index is 0.150. The van der Waals surface area contributed by atoms with Crippen LogP contribution in [0.25, 0.3) is 0 Å². The van der Waals surface area contributed by atoms with E-state index in [2.05, 4.69) is 15.9 Å². The summed E-state index contributed by atoms with van der Waals surface area (Å²) in [5.41, 5.74) is 1.88. The van der Waals surface area contributed by atoms with E-state index in [1.807, 2.05) is 30.3 Å². The van der Waals surface area contributed by atoms with Crippen LogP contribution in [0.3, 0.4) is 0 Å². The molecule has 0 amide bonds. The SMILES string of the molecule is O=C(Cc1cccc(Br)c1)Cc1ccc(Cl)c(Cl)c1. The molecular formula is C15H11BrCl2O. The maximum absolute atomic E-state index is 12.0. The van der Waals surface area contributed by atoms with Crippen molar-refractivity contribution in [1.29, 1.82) is 0 Å². The fourth-order valence-electron chi connectivity index (χ4n) is 1.81. The van der Waals surface area contributed by atoms with E-state index >= 15 is 0 Å². The molecular weight excluding hydrogens is 347 g/mol. The van der Waals surface area contributed by atoms with E-state index in [0.29, 0.717) is 22.9 Å². The maximum Gasteiger partial charge on any atom is 0.141 e. The summed E-state index contributed by atoms with van der Waals surface area (Å²) in [6, 6.07) is 13.0. The van der Waals surface area contributed by atoms with E-state index in [4.69, 9.17) is 23.2 Å². The van der Waals surface area contributed by atoms with Crippen LogP contribution in [0.2, 0.25) is 10.0 Å². The fraction of sp³-hybridized carbons (Fsp3) is 0.133. The number of rotatable bonds is 4. The highest BCUT2D eigenvalue weighted by atomic mass is 79.9. The molecule has 0 aromatic heterocycles. The van der Waals surface area contributed by atoms with Gasteiger partial charge in [-0.15, -0.1) is 0 Å². The molecule has 2 aromatic rings. The predicted molar refractivity (Wildman–Crippen MR) is 83.0 cm³/mol. The van der Waals surface area contributed by atoms with Gasteiger partial charge in [-0.2, -0.15) is 0 Å². The molecule has 4 heteroatoms.